The van der Waals surface area contributed by atoms with Crippen LogP contribution in [0, 0.1) is 6.92 Å². The molecule has 2 aromatic heterocycles. The smallest absolute Gasteiger partial charge is 0.237 e. The molecule has 2 heterocycles. The lowest BCUT2D eigenvalue weighted by atomic mass is 10.1. The first-order valence-electron chi connectivity index (χ1n) is 9.67. The Labute approximate surface area is 177 Å². The van der Waals surface area contributed by atoms with Crippen LogP contribution in [0.3, 0.4) is 0 Å². The lowest BCUT2D eigenvalue weighted by molar-refractivity contribution is -0.115. The largest absolute Gasteiger partial charge is 0.325 e. The summed E-state index contributed by atoms with van der Waals surface area (Å²) in [5.74, 6) is 0.583. The molecular formula is C23H19N5OS. The Bertz CT molecular complexity index is 1410. The molecule has 1 N–H and O–H groups in total. The van der Waals surface area contributed by atoms with E-state index in [1.807, 2.05) is 80.6 Å². The third kappa shape index (κ3) is 3.27. The second-order valence-electron chi connectivity index (χ2n) is 7.08. The Morgan fingerprint density at radius 2 is 1.70 bits per heavy atom. The van der Waals surface area contributed by atoms with Crippen molar-refractivity contribution in [3.8, 4) is 0 Å². The minimum Gasteiger partial charge on any atom is -0.325 e. The van der Waals surface area contributed by atoms with E-state index in [1.54, 1.807) is 4.52 Å². The minimum absolute atomic E-state index is 0.0868. The Morgan fingerprint density at radius 1 is 0.967 bits per heavy atom. The first-order chi connectivity index (χ1) is 14.6. The number of hydrogen-bond donors (Lipinski definition) is 1. The standard InChI is InChI=1S/C23H19N5OS/c1-14(22(29)25-19-13-7-9-16-8-3-4-10-17(16)19)30-23-26-20-12-6-5-11-18(20)21-24-15(2)27-28(21)23/h3-14H,1-2H3,(H,25,29). The van der Waals surface area contributed by atoms with Crippen molar-refractivity contribution in [1.82, 2.24) is 19.6 Å². The van der Waals surface area contributed by atoms with Gasteiger partial charge in [-0.3, -0.25) is 4.79 Å². The fourth-order valence-electron chi connectivity index (χ4n) is 3.49. The van der Waals surface area contributed by atoms with Crippen molar-refractivity contribution in [2.24, 2.45) is 0 Å². The number of thioether (sulfide) groups is 1. The average Bonchev–Trinajstić information content (AvgIpc) is 3.16. The summed E-state index contributed by atoms with van der Waals surface area (Å²) in [7, 11) is 0. The monoisotopic (exact) mass is 413 g/mol. The fraction of sp³-hybridized carbons (Fsp3) is 0.130. The number of nitrogens with zero attached hydrogens (tertiary/aromatic N) is 4. The summed E-state index contributed by atoms with van der Waals surface area (Å²) < 4.78 is 1.73. The van der Waals surface area contributed by atoms with Gasteiger partial charge in [0.25, 0.3) is 0 Å². The molecule has 30 heavy (non-hydrogen) atoms. The molecule has 0 aliphatic rings. The number of aromatic nitrogens is 4. The van der Waals surface area contributed by atoms with Crippen molar-refractivity contribution in [2.45, 2.75) is 24.3 Å². The molecule has 148 valence electrons. The Kier molecular flexibility index (Phi) is 4.59. The molecule has 1 atom stereocenters. The van der Waals surface area contributed by atoms with Crippen LogP contribution in [0.1, 0.15) is 12.7 Å². The third-order valence-corrected chi connectivity index (χ3v) is 6.00. The van der Waals surface area contributed by atoms with Crippen LogP contribution in [0.4, 0.5) is 5.69 Å². The second-order valence-corrected chi connectivity index (χ2v) is 8.39. The van der Waals surface area contributed by atoms with E-state index >= 15 is 0 Å². The zero-order valence-electron chi connectivity index (χ0n) is 16.5. The van der Waals surface area contributed by atoms with Crippen molar-refractivity contribution in [2.75, 3.05) is 5.32 Å². The van der Waals surface area contributed by atoms with Gasteiger partial charge in [-0.25, -0.2) is 9.97 Å². The first kappa shape index (κ1) is 18.6. The molecule has 0 radical (unpaired) electrons. The van der Waals surface area contributed by atoms with Crippen LogP contribution in [0.15, 0.2) is 71.9 Å². The molecule has 0 aliphatic heterocycles. The number of amides is 1. The van der Waals surface area contributed by atoms with Gasteiger partial charge in [0, 0.05) is 16.5 Å². The second kappa shape index (κ2) is 7.42. The average molecular weight is 414 g/mol. The molecule has 0 aliphatic carbocycles. The van der Waals surface area contributed by atoms with Crippen LogP contribution < -0.4 is 5.32 Å². The number of carbonyl (C=O) groups excluding carboxylic acids is 1. The van der Waals surface area contributed by atoms with E-state index in [9.17, 15) is 4.79 Å². The van der Waals surface area contributed by atoms with Crippen LogP contribution in [-0.4, -0.2) is 30.7 Å². The summed E-state index contributed by atoms with van der Waals surface area (Å²) in [4.78, 5) is 22.3. The van der Waals surface area contributed by atoms with Crippen LogP contribution in [0.25, 0.3) is 27.3 Å². The predicted octanol–water partition coefficient (Wildman–Crippen LogP) is 4.86. The van der Waals surface area contributed by atoms with E-state index in [4.69, 9.17) is 4.98 Å². The Morgan fingerprint density at radius 3 is 2.57 bits per heavy atom. The Balaban J connectivity index is 1.46. The quantitative estimate of drug-likeness (QED) is 0.337. The molecule has 0 bridgehead atoms. The van der Waals surface area contributed by atoms with Gasteiger partial charge >= 0.3 is 0 Å². The summed E-state index contributed by atoms with van der Waals surface area (Å²) in [5, 5.41) is 10.9. The summed E-state index contributed by atoms with van der Waals surface area (Å²) in [6.07, 6.45) is 0. The van der Waals surface area contributed by atoms with Gasteiger partial charge in [-0.2, -0.15) is 4.52 Å². The molecule has 1 unspecified atom stereocenters. The SMILES string of the molecule is Cc1nc2c3ccccc3nc(SC(C)C(=O)Nc3cccc4ccccc34)n2n1. The van der Waals surface area contributed by atoms with E-state index in [0.717, 1.165) is 33.0 Å². The van der Waals surface area contributed by atoms with Crippen LogP contribution in [-0.2, 0) is 4.79 Å². The van der Waals surface area contributed by atoms with Gasteiger partial charge in [0.15, 0.2) is 10.8 Å². The molecule has 1 amide bonds. The summed E-state index contributed by atoms with van der Waals surface area (Å²) in [6, 6.07) is 21.7. The Hall–Kier alpha value is -3.45. The molecular weight excluding hydrogens is 394 g/mol. The fourth-order valence-corrected chi connectivity index (χ4v) is 4.35. The van der Waals surface area contributed by atoms with Crippen molar-refractivity contribution < 1.29 is 4.79 Å². The molecule has 7 heteroatoms. The lowest BCUT2D eigenvalue weighted by Gasteiger charge is -2.14. The number of carbonyl (C=O) groups is 1. The van der Waals surface area contributed by atoms with E-state index < -0.39 is 0 Å². The van der Waals surface area contributed by atoms with Crippen molar-refractivity contribution in [3.05, 3.63) is 72.6 Å². The van der Waals surface area contributed by atoms with E-state index in [0.29, 0.717) is 11.0 Å². The highest BCUT2D eigenvalue weighted by Gasteiger charge is 2.20. The molecule has 0 saturated carbocycles. The van der Waals surface area contributed by atoms with Gasteiger partial charge in [0.05, 0.1) is 10.8 Å². The van der Waals surface area contributed by atoms with Gasteiger partial charge < -0.3 is 5.32 Å². The van der Waals surface area contributed by atoms with Crippen molar-refractivity contribution in [1.29, 1.82) is 0 Å². The number of benzene rings is 3. The van der Waals surface area contributed by atoms with E-state index in [-0.39, 0.29) is 11.2 Å². The van der Waals surface area contributed by atoms with Gasteiger partial charge in [0.1, 0.15) is 5.82 Å². The number of anilines is 1. The van der Waals surface area contributed by atoms with E-state index in [1.165, 1.54) is 11.8 Å². The highest BCUT2D eigenvalue weighted by Crippen LogP contribution is 2.28. The normalized spacial score (nSPS) is 12.5. The minimum atomic E-state index is -0.370. The number of para-hydroxylation sites is 1. The van der Waals surface area contributed by atoms with Crippen molar-refractivity contribution in [3.63, 3.8) is 0 Å². The maximum atomic E-state index is 13.0. The van der Waals surface area contributed by atoms with Gasteiger partial charge in [-0.05, 0) is 37.4 Å². The molecule has 5 rings (SSSR count). The molecule has 0 saturated heterocycles. The maximum absolute atomic E-state index is 13.0. The zero-order valence-corrected chi connectivity index (χ0v) is 17.4. The highest BCUT2D eigenvalue weighted by molar-refractivity contribution is 8.00. The van der Waals surface area contributed by atoms with Crippen LogP contribution in [0.2, 0.25) is 0 Å². The molecule has 5 aromatic rings. The lowest BCUT2D eigenvalue weighted by Crippen LogP contribution is -2.23. The zero-order chi connectivity index (χ0) is 20.7. The summed E-state index contributed by atoms with van der Waals surface area (Å²) in [5.41, 5.74) is 2.39. The first-order valence-corrected chi connectivity index (χ1v) is 10.6. The van der Waals surface area contributed by atoms with Gasteiger partial charge in [-0.1, -0.05) is 60.3 Å². The summed E-state index contributed by atoms with van der Waals surface area (Å²) in [6.45, 7) is 3.73. The third-order valence-electron chi connectivity index (χ3n) is 4.95. The molecule has 3 aromatic carbocycles. The van der Waals surface area contributed by atoms with Crippen molar-refractivity contribution >= 4 is 50.7 Å². The van der Waals surface area contributed by atoms with E-state index in [2.05, 4.69) is 15.4 Å². The van der Waals surface area contributed by atoms with Crippen LogP contribution >= 0.6 is 11.8 Å². The molecule has 0 fully saturated rings. The number of aryl methyl sites for hydroxylation is 1. The number of nitrogens with one attached hydrogen (secondary N) is 1. The number of fused-ring (bicyclic) bond motifs is 4. The van der Waals surface area contributed by atoms with Crippen LogP contribution in [0.5, 0.6) is 0 Å². The summed E-state index contributed by atoms with van der Waals surface area (Å²) >= 11 is 1.37. The highest BCUT2D eigenvalue weighted by atomic mass is 32.2. The van der Waals surface area contributed by atoms with Gasteiger partial charge in [-0.15, -0.1) is 5.10 Å². The number of rotatable bonds is 4. The molecule has 0 spiro atoms. The maximum Gasteiger partial charge on any atom is 0.237 e. The topological polar surface area (TPSA) is 72.2 Å². The molecule has 6 nitrogen and oxygen atoms in total. The number of hydrogen-bond acceptors (Lipinski definition) is 5. The van der Waals surface area contributed by atoms with Gasteiger partial charge in [0.2, 0.25) is 5.91 Å². The predicted molar refractivity (Wildman–Crippen MR) is 121 cm³/mol.